The Hall–Kier alpha value is -2.14. The summed E-state index contributed by atoms with van der Waals surface area (Å²) in [5.74, 6) is 5.86. The van der Waals surface area contributed by atoms with Crippen molar-refractivity contribution in [1.82, 2.24) is 10.3 Å². The van der Waals surface area contributed by atoms with E-state index < -0.39 is 0 Å². The number of amides is 1. The average Bonchev–Trinajstić information content (AvgIpc) is 2.51. The lowest BCUT2D eigenvalue weighted by atomic mass is 10.1. The van der Waals surface area contributed by atoms with Gasteiger partial charge in [0.1, 0.15) is 11.5 Å². The minimum absolute atomic E-state index is 0.139. The third-order valence-electron chi connectivity index (χ3n) is 3.48. The molecule has 0 aliphatic rings. The number of rotatable bonds is 6. The fourth-order valence-corrected chi connectivity index (χ4v) is 2.31. The molecule has 4 N–H and O–H groups in total. The van der Waals surface area contributed by atoms with Crippen LogP contribution in [0.1, 0.15) is 43.6 Å². The van der Waals surface area contributed by atoms with Crippen LogP contribution in [0.4, 0.5) is 5.82 Å². The van der Waals surface area contributed by atoms with Gasteiger partial charge in [-0.15, -0.1) is 0 Å². The van der Waals surface area contributed by atoms with Crippen molar-refractivity contribution >= 4 is 22.5 Å². The first-order valence-corrected chi connectivity index (χ1v) is 7.33. The van der Waals surface area contributed by atoms with Gasteiger partial charge in [0.15, 0.2) is 0 Å². The molecule has 0 aliphatic heterocycles. The Morgan fingerprint density at radius 2 is 2.14 bits per heavy atom. The predicted molar refractivity (Wildman–Crippen MR) is 86.0 cm³/mol. The highest BCUT2D eigenvalue weighted by Crippen LogP contribution is 2.21. The molecule has 0 aliphatic carbocycles. The maximum Gasteiger partial charge on any atom is 0.270 e. The second-order valence-electron chi connectivity index (χ2n) is 5.24. The molecule has 2 aromatic rings. The number of hydrogen-bond acceptors (Lipinski definition) is 4. The number of anilines is 1. The van der Waals surface area contributed by atoms with Crippen molar-refractivity contribution in [3.05, 3.63) is 36.0 Å². The van der Waals surface area contributed by atoms with Gasteiger partial charge in [0.05, 0.1) is 0 Å². The van der Waals surface area contributed by atoms with Crippen LogP contribution >= 0.6 is 0 Å². The molecule has 5 nitrogen and oxygen atoms in total. The zero-order chi connectivity index (χ0) is 15.2. The second-order valence-corrected chi connectivity index (χ2v) is 5.24. The first kappa shape index (κ1) is 15.3. The summed E-state index contributed by atoms with van der Waals surface area (Å²) in [4.78, 5) is 16.6. The molecule has 0 saturated carbocycles. The highest BCUT2D eigenvalue weighted by Gasteiger charge is 2.13. The van der Waals surface area contributed by atoms with Crippen molar-refractivity contribution in [2.75, 3.05) is 5.43 Å². The van der Waals surface area contributed by atoms with E-state index in [9.17, 15) is 4.79 Å². The molecule has 21 heavy (non-hydrogen) atoms. The van der Waals surface area contributed by atoms with Crippen molar-refractivity contribution in [2.45, 2.75) is 39.2 Å². The Bertz CT molecular complexity index is 627. The molecule has 0 fully saturated rings. The van der Waals surface area contributed by atoms with Crippen LogP contribution < -0.4 is 16.6 Å². The van der Waals surface area contributed by atoms with E-state index in [2.05, 4.69) is 22.7 Å². The maximum atomic E-state index is 12.3. The minimum atomic E-state index is -0.166. The first-order valence-electron chi connectivity index (χ1n) is 7.33. The lowest BCUT2D eigenvalue weighted by Gasteiger charge is -2.14. The molecule has 1 aromatic heterocycles. The highest BCUT2D eigenvalue weighted by molar-refractivity contribution is 6.00. The number of aromatic nitrogens is 1. The van der Waals surface area contributed by atoms with Gasteiger partial charge in [-0.05, 0) is 24.8 Å². The molecule has 0 saturated heterocycles. The molecule has 1 heterocycles. The molecule has 0 bridgehead atoms. The maximum absolute atomic E-state index is 12.3. The van der Waals surface area contributed by atoms with Crippen LogP contribution in [0.3, 0.4) is 0 Å². The molecular weight excluding hydrogens is 264 g/mol. The summed E-state index contributed by atoms with van der Waals surface area (Å²) in [6, 6.07) is 9.63. The molecule has 5 heteroatoms. The van der Waals surface area contributed by atoms with Gasteiger partial charge >= 0.3 is 0 Å². The van der Waals surface area contributed by atoms with Crippen molar-refractivity contribution in [2.24, 2.45) is 5.84 Å². The van der Waals surface area contributed by atoms with Crippen molar-refractivity contribution in [1.29, 1.82) is 0 Å². The Morgan fingerprint density at radius 1 is 1.38 bits per heavy atom. The van der Waals surface area contributed by atoms with Gasteiger partial charge in [0.25, 0.3) is 5.91 Å². The number of carbonyl (C=O) groups excluding carboxylic acids is 1. The van der Waals surface area contributed by atoms with Gasteiger partial charge in [0, 0.05) is 11.4 Å². The van der Waals surface area contributed by atoms with Gasteiger partial charge in [-0.3, -0.25) is 4.79 Å². The molecule has 2 rings (SSSR count). The quantitative estimate of drug-likeness (QED) is 0.563. The van der Waals surface area contributed by atoms with E-state index in [4.69, 9.17) is 5.84 Å². The van der Waals surface area contributed by atoms with E-state index >= 15 is 0 Å². The van der Waals surface area contributed by atoms with Gasteiger partial charge in [0.2, 0.25) is 0 Å². The van der Waals surface area contributed by atoms with E-state index in [-0.39, 0.29) is 11.9 Å². The third-order valence-corrected chi connectivity index (χ3v) is 3.48. The SMILES string of the molecule is CCCCC(C)NC(=O)c1cc2ccccc2c(NN)n1. The number of nitrogens with two attached hydrogens (primary N) is 1. The number of nitrogens with zero attached hydrogens (tertiary/aromatic N) is 1. The number of pyridine rings is 1. The summed E-state index contributed by atoms with van der Waals surface area (Å²) >= 11 is 0. The Balaban J connectivity index is 2.23. The second kappa shape index (κ2) is 7.04. The lowest BCUT2D eigenvalue weighted by molar-refractivity contribution is 0.0933. The van der Waals surface area contributed by atoms with Crippen molar-refractivity contribution in [3.8, 4) is 0 Å². The summed E-state index contributed by atoms with van der Waals surface area (Å²) in [6.45, 7) is 4.15. The van der Waals surface area contributed by atoms with Gasteiger partial charge in [-0.1, -0.05) is 44.0 Å². The van der Waals surface area contributed by atoms with Crippen LogP contribution in [-0.2, 0) is 0 Å². The highest BCUT2D eigenvalue weighted by atomic mass is 16.1. The lowest BCUT2D eigenvalue weighted by Crippen LogP contribution is -2.33. The Labute approximate surface area is 124 Å². The predicted octanol–water partition coefficient (Wildman–Crippen LogP) is 2.83. The standard InChI is InChI=1S/C16H22N4O/c1-3-4-7-11(2)18-16(21)14-10-12-8-5-6-9-13(12)15(19-14)20-17/h5-6,8-11H,3-4,7,17H2,1-2H3,(H,18,21)(H,19,20). The van der Waals surface area contributed by atoms with Gasteiger partial charge in [-0.25, -0.2) is 10.8 Å². The zero-order valence-corrected chi connectivity index (χ0v) is 12.5. The smallest absolute Gasteiger partial charge is 0.270 e. The summed E-state index contributed by atoms with van der Waals surface area (Å²) in [5.41, 5.74) is 2.94. The van der Waals surface area contributed by atoms with E-state index in [0.717, 1.165) is 30.0 Å². The van der Waals surface area contributed by atoms with E-state index in [1.807, 2.05) is 31.2 Å². The van der Waals surface area contributed by atoms with E-state index in [0.29, 0.717) is 11.5 Å². The zero-order valence-electron chi connectivity index (χ0n) is 12.5. The number of nitrogens with one attached hydrogen (secondary N) is 2. The largest absolute Gasteiger partial charge is 0.348 e. The minimum Gasteiger partial charge on any atom is -0.348 e. The number of carbonyl (C=O) groups is 1. The Kier molecular flexibility index (Phi) is 5.11. The summed E-state index contributed by atoms with van der Waals surface area (Å²) < 4.78 is 0. The van der Waals surface area contributed by atoms with Crippen LogP contribution in [0.15, 0.2) is 30.3 Å². The fraction of sp³-hybridized carbons (Fsp3) is 0.375. The van der Waals surface area contributed by atoms with Crippen LogP contribution in [0.5, 0.6) is 0 Å². The number of hydrazine groups is 1. The number of nitrogen functional groups attached to an aromatic ring is 1. The molecule has 0 spiro atoms. The molecule has 112 valence electrons. The molecule has 1 atom stereocenters. The van der Waals surface area contributed by atoms with E-state index in [1.165, 1.54) is 0 Å². The summed E-state index contributed by atoms with van der Waals surface area (Å²) in [7, 11) is 0. The van der Waals surface area contributed by atoms with Crippen molar-refractivity contribution in [3.63, 3.8) is 0 Å². The van der Waals surface area contributed by atoms with Gasteiger partial charge < -0.3 is 10.7 Å². The first-order chi connectivity index (χ1) is 10.2. The van der Waals surface area contributed by atoms with Crippen LogP contribution in [0, 0.1) is 0 Å². The third kappa shape index (κ3) is 3.70. The van der Waals surface area contributed by atoms with Gasteiger partial charge in [-0.2, -0.15) is 0 Å². The monoisotopic (exact) mass is 286 g/mol. The number of benzene rings is 1. The molecule has 1 unspecified atom stereocenters. The molecule has 0 radical (unpaired) electrons. The molecular formula is C16H22N4O. The summed E-state index contributed by atoms with van der Waals surface area (Å²) in [6.07, 6.45) is 3.19. The van der Waals surface area contributed by atoms with Crippen molar-refractivity contribution < 1.29 is 4.79 Å². The van der Waals surface area contributed by atoms with Crippen LogP contribution in [0.25, 0.3) is 10.8 Å². The number of fused-ring (bicyclic) bond motifs is 1. The number of unbranched alkanes of at least 4 members (excludes halogenated alkanes) is 1. The molecule has 1 aromatic carbocycles. The Morgan fingerprint density at radius 3 is 2.86 bits per heavy atom. The van der Waals surface area contributed by atoms with Crippen LogP contribution in [0.2, 0.25) is 0 Å². The summed E-state index contributed by atoms with van der Waals surface area (Å²) in [5, 5.41) is 4.81. The van der Waals surface area contributed by atoms with Crippen LogP contribution in [-0.4, -0.2) is 16.9 Å². The number of hydrogen-bond donors (Lipinski definition) is 3. The topological polar surface area (TPSA) is 80.0 Å². The average molecular weight is 286 g/mol. The molecule has 1 amide bonds. The van der Waals surface area contributed by atoms with E-state index in [1.54, 1.807) is 6.07 Å². The fourth-order valence-electron chi connectivity index (χ4n) is 2.31. The normalized spacial score (nSPS) is 12.1.